The van der Waals surface area contributed by atoms with Gasteiger partial charge in [-0.15, -0.1) is 11.3 Å². The molecule has 0 spiro atoms. The maximum absolute atomic E-state index is 12.6. The number of benzene rings is 2. The SMILES string of the molecule is O=C(Cc1csc(N2CCNC2=O)n1)Nc1ccccc1NS(=O)(=O)c1ccccc1. The van der Waals surface area contributed by atoms with Gasteiger partial charge < -0.3 is 10.6 Å². The molecule has 0 atom stereocenters. The minimum Gasteiger partial charge on any atom is -0.336 e. The molecule has 3 aromatic rings. The highest BCUT2D eigenvalue weighted by Gasteiger charge is 2.24. The number of nitrogens with zero attached hydrogens (tertiary/aromatic N) is 2. The maximum Gasteiger partial charge on any atom is 0.323 e. The van der Waals surface area contributed by atoms with Gasteiger partial charge in [0, 0.05) is 18.5 Å². The molecule has 4 rings (SSSR count). The molecule has 2 heterocycles. The number of carbonyl (C=O) groups is 2. The highest BCUT2D eigenvalue weighted by Crippen LogP contribution is 2.26. The summed E-state index contributed by atoms with van der Waals surface area (Å²) in [5.41, 5.74) is 1.12. The number of carbonyl (C=O) groups excluding carboxylic acids is 2. The Morgan fingerprint density at radius 2 is 1.81 bits per heavy atom. The second-order valence-electron chi connectivity index (χ2n) is 6.69. The summed E-state index contributed by atoms with van der Waals surface area (Å²) in [6.07, 6.45) is -0.00821. The average Bonchev–Trinajstić information content (AvgIpc) is 3.38. The van der Waals surface area contributed by atoms with Crippen molar-refractivity contribution in [3.63, 3.8) is 0 Å². The van der Waals surface area contributed by atoms with Crippen molar-refractivity contribution in [3.05, 3.63) is 65.7 Å². The van der Waals surface area contributed by atoms with Gasteiger partial charge in [0.05, 0.1) is 28.4 Å². The van der Waals surface area contributed by atoms with Crippen molar-refractivity contribution < 1.29 is 18.0 Å². The van der Waals surface area contributed by atoms with Crippen LogP contribution in [0.4, 0.5) is 21.3 Å². The molecule has 0 saturated carbocycles. The van der Waals surface area contributed by atoms with E-state index in [9.17, 15) is 18.0 Å². The molecule has 31 heavy (non-hydrogen) atoms. The number of hydrogen-bond acceptors (Lipinski definition) is 6. The smallest absolute Gasteiger partial charge is 0.323 e. The predicted molar refractivity (Wildman–Crippen MR) is 119 cm³/mol. The van der Waals surface area contributed by atoms with Crippen LogP contribution < -0.4 is 20.3 Å². The van der Waals surface area contributed by atoms with E-state index < -0.39 is 10.0 Å². The summed E-state index contributed by atoms with van der Waals surface area (Å²) >= 11 is 1.29. The summed E-state index contributed by atoms with van der Waals surface area (Å²) in [6, 6.07) is 14.3. The summed E-state index contributed by atoms with van der Waals surface area (Å²) in [4.78, 5) is 30.3. The lowest BCUT2D eigenvalue weighted by molar-refractivity contribution is -0.115. The van der Waals surface area contributed by atoms with E-state index in [1.54, 1.807) is 47.8 Å². The number of para-hydroxylation sites is 2. The van der Waals surface area contributed by atoms with Crippen LogP contribution in [0, 0.1) is 0 Å². The van der Waals surface area contributed by atoms with Crippen LogP contribution in [0.1, 0.15) is 5.69 Å². The Balaban J connectivity index is 1.45. The molecular weight excluding hydrogens is 438 g/mol. The van der Waals surface area contributed by atoms with Crippen LogP contribution in [-0.2, 0) is 21.2 Å². The number of aromatic nitrogens is 1. The molecule has 3 N–H and O–H groups in total. The van der Waals surface area contributed by atoms with E-state index in [0.29, 0.717) is 29.6 Å². The molecule has 1 aliphatic rings. The lowest BCUT2D eigenvalue weighted by Crippen LogP contribution is -2.27. The number of amides is 3. The van der Waals surface area contributed by atoms with Crippen molar-refractivity contribution in [1.82, 2.24) is 10.3 Å². The molecule has 1 fully saturated rings. The number of sulfonamides is 1. The predicted octanol–water partition coefficient (Wildman–Crippen LogP) is 2.65. The summed E-state index contributed by atoms with van der Waals surface area (Å²) in [6.45, 7) is 1.09. The zero-order valence-electron chi connectivity index (χ0n) is 16.2. The lowest BCUT2D eigenvalue weighted by atomic mass is 10.2. The van der Waals surface area contributed by atoms with Gasteiger partial charge in [0.25, 0.3) is 10.0 Å². The number of urea groups is 1. The van der Waals surface area contributed by atoms with E-state index >= 15 is 0 Å². The van der Waals surface area contributed by atoms with Crippen molar-refractivity contribution in [3.8, 4) is 0 Å². The molecule has 160 valence electrons. The Morgan fingerprint density at radius 3 is 2.52 bits per heavy atom. The summed E-state index contributed by atoms with van der Waals surface area (Å²) in [5, 5.41) is 7.69. The van der Waals surface area contributed by atoms with Crippen LogP contribution in [0.2, 0.25) is 0 Å². The van der Waals surface area contributed by atoms with E-state index in [1.807, 2.05) is 0 Å². The fourth-order valence-electron chi connectivity index (χ4n) is 3.00. The van der Waals surface area contributed by atoms with E-state index in [4.69, 9.17) is 0 Å². The molecule has 3 amide bonds. The highest BCUT2D eigenvalue weighted by atomic mass is 32.2. The minimum absolute atomic E-state index is 0.00821. The Kier molecular flexibility index (Phi) is 5.87. The fraction of sp³-hybridized carbons (Fsp3) is 0.150. The van der Waals surface area contributed by atoms with Gasteiger partial charge in [-0.3, -0.25) is 14.4 Å². The Labute approximate surface area is 183 Å². The summed E-state index contributed by atoms with van der Waals surface area (Å²) in [7, 11) is -3.80. The highest BCUT2D eigenvalue weighted by molar-refractivity contribution is 7.92. The molecule has 9 nitrogen and oxygen atoms in total. The van der Waals surface area contributed by atoms with Gasteiger partial charge in [0.2, 0.25) is 5.91 Å². The Bertz CT molecular complexity index is 1210. The van der Waals surface area contributed by atoms with Gasteiger partial charge in [-0.1, -0.05) is 30.3 Å². The van der Waals surface area contributed by atoms with Gasteiger partial charge in [0.1, 0.15) is 0 Å². The third kappa shape index (κ3) is 4.84. The van der Waals surface area contributed by atoms with Crippen molar-refractivity contribution >= 4 is 49.8 Å². The zero-order chi connectivity index (χ0) is 21.8. The quantitative estimate of drug-likeness (QED) is 0.504. The molecule has 0 bridgehead atoms. The number of hydrogen-bond donors (Lipinski definition) is 3. The van der Waals surface area contributed by atoms with E-state index in [0.717, 1.165) is 0 Å². The normalized spacial score (nSPS) is 13.7. The Morgan fingerprint density at radius 1 is 1.10 bits per heavy atom. The number of anilines is 3. The maximum atomic E-state index is 12.6. The average molecular weight is 458 g/mol. The van der Waals surface area contributed by atoms with Gasteiger partial charge in [0.15, 0.2) is 5.13 Å². The van der Waals surface area contributed by atoms with Gasteiger partial charge in [-0.25, -0.2) is 18.2 Å². The van der Waals surface area contributed by atoms with Gasteiger partial charge in [-0.05, 0) is 24.3 Å². The van der Waals surface area contributed by atoms with E-state index in [-0.39, 0.29) is 28.9 Å². The molecule has 1 aliphatic heterocycles. The van der Waals surface area contributed by atoms with Crippen molar-refractivity contribution in [2.75, 3.05) is 28.0 Å². The molecule has 1 saturated heterocycles. The Hall–Kier alpha value is -3.44. The summed E-state index contributed by atoms with van der Waals surface area (Å²) in [5.74, 6) is -0.353. The zero-order valence-corrected chi connectivity index (χ0v) is 17.9. The van der Waals surface area contributed by atoms with Crippen LogP contribution in [-0.4, -0.2) is 38.4 Å². The van der Waals surface area contributed by atoms with Crippen molar-refractivity contribution in [2.24, 2.45) is 0 Å². The number of rotatable bonds is 7. The third-order valence-electron chi connectivity index (χ3n) is 4.47. The van der Waals surface area contributed by atoms with Crippen molar-refractivity contribution in [1.29, 1.82) is 0 Å². The first-order chi connectivity index (χ1) is 14.9. The van der Waals surface area contributed by atoms with E-state index in [1.165, 1.54) is 28.4 Å². The molecule has 0 radical (unpaired) electrons. The lowest BCUT2D eigenvalue weighted by Gasteiger charge is -2.13. The van der Waals surface area contributed by atoms with Gasteiger partial charge >= 0.3 is 6.03 Å². The molecule has 1 aromatic heterocycles. The molecular formula is C20H19N5O4S2. The summed E-state index contributed by atoms with van der Waals surface area (Å²) < 4.78 is 27.7. The first-order valence-corrected chi connectivity index (χ1v) is 11.8. The first kappa shape index (κ1) is 20.8. The number of nitrogens with one attached hydrogen (secondary N) is 3. The molecule has 2 aromatic carbocycles. The van der Waals surface area contributed by atoms with Crippen LogP contribution in [0.15, 0.2) is 64.9 Å². The van der Waals surface area contributed by atoms with Crippen LogP contribution in [0.3, 0.4) is 0 Å². The van der Waals surface area contributed by atoms with Crippen LogP contribution >= 0.6 is 11.3 Å². The molecule has 11 heteroatoms. The van der Waals surface area contributed by atoms with Gasteiger partial charge in [-0.2, -0.15) is 0 Å². The van der Waals surface area contributed by atoms with Crippen molar-refractivity contribution in [2.45, 2.75) is 11.3 Å². The van der Waals surface area contributed by atoms with Crippen LogP contribution in [0.25, 0.3) is 0 Å². The molecule has 0 unspecified atom stereocenters. The number of thiazole rings is 1. The monoisotopic (exact) mass is 457 g/mol. The second kappa shape index (κ2) is 8.74. The van der Waals surface area contributed by atoms with Crippen LogP contribution in [0.5, 0.6) is 0 Å². The standard InChI is InChI=1S/C20H19N5O4S2/c26-18(12-14-13-30-20(22-14)25-11-10-21-19(25)27)23-16-8-4-5-9-17(16)24-31(28,29)15-6-2-1-3-7-15/h1-9,13,24H,10-12H2,(H,21,27)(H,23,26). The first-order valence-electron chi connectivity index (χ1n) is 9.39. The third-order valence-corrected chi connectivity index (χ3v) is 6.76. The second-order valence-corrected chi connectivity index (χ2v) is 9.21. The fourth-order valence-corrected chi connectivity index (χ4v) is 4.95. The topological polar surface area (TPSA) is 120 Å². The largest absolute Gasteiger partial charge is 0.336 e. The van der Waals surface area contributed by atoms with E-state index in [2.05, 4.69) is 20.3 Å². The molecule has 0 aliphatic carbocycles. The minimum atomic E-state index is -3.80.